The van der Waals surface area contributed by atoms with Crippen LogP contribution < -0.4 is 5.32 Å². The van der Waals surface area contributed by atoms with Gasteiger partial charge in [0, 0.05) is 5.02 Å². The zero-order valence-electron chi connectivity index (χ0n) is 8.19. The van der Waals surface area contributed by atoms with Gasteiger partial charge in [0.2, 0.25) is 0 Å². The molecule has 0 spiro atoms. The summed E-state index contributed by atoms with van der Waals surface area (Å²) >= 11 is 5.69. The maximum atomic E-state index is 13.4. The van der Waals surface area contributed by atoms with E-state index in [1.165, 1.54) is 6.07 Å². The smallest absolute Gasteiger partial charge is 0.162 e. The second kappa shape index (κ2) is 4.45. The fourth-order valence-corrected chi connectivity index (χ4v) is 2.18. The summed E-state index contributed by atoms with van der Waals surface area (Å²) in [5.41, 5.74) is 0.383. The summed E-state index contributed by atoms with van der Waals surface area (Å²) in [6.45, 7) is 1.82. The van der Waals surface area contributed by atoms with E-state index >= 15 is 0 Å². The summed E-state index contributed by atoms with van der Waals surface area (Å²) in [5.74, 6) is -1.23. The monoisotopic (exact) mass is 231 g/mol. The average molecular weight is 232 g/mol. The normalized spacial score (nSPS) is 20.9. The Hall–Kier alpha value is -0.670. The highest BCUT2D eigenvalue weighted by Crippen LogP contribution is 2.23. The third-order valence-corrected chi connectivity index (χ3v) is 2.96. The molecule has 1 unspecified atom stereocenters. The van der Waals surface area contributed by atoms with Crippen molar-refractivity contribution in [3.05, 3.63) is 34.4 Å². The molecule has 1 heterocycles. The van der Waals surface area contributed by atoms with Gasteiger partial charge in [0.1, 0.15) is 0 Å². The predicted octanol–water partition coefficient (Wildman–Crippen LogP) is 2.77. The van der Waals surface area contributed by atoms with E-state index in [0.717, 1.165) is 25.6 Å². The van der Waals surface area contributed by atoms with Gasteiger partial charge in [0.25, 0.3) is 0 Å². The van der Waals surface area contributed by atoms with E-state index in [9.17, 15) is 8.78 Å². The summed E-state index contributed by atoms with van der Waals surface area (Å²) in [6.07, 6.45) is 1.56. The molecule has 2 rings (SSSR count). The molecule has 82 valence electrons. The predicted molar refractivity (Wildman–Crippen MR) is 56.0 cm³/mol. The zero-order valence-corrected chi connectivity index (χ0v) is 8.95. The lowest BCUT2D eigenvalue weighted by atomic mass is 9.98. The Morgan fingerprint density at radius 1 is 1.40 bits per heavy atom. The van der Waals surface area contributed by atoms with E-state index in [-0.39, 0.29) is 5.02 Å². The van der Waals surface area contributed by atoms with Crippen molar-refractivity contribution in [2.45, 2.75) is 12.8 Å². The molecule has 4 heteroatoms. The Kier molecular flexibility index (Phi) is 3.22. The van der Waals surface area contributed by atoms with Crippen LogP contribution in [0.1, 0.15) is 12.0 Å². The van der Waals surface area contributed by atoms with Gasteiger partial charge in [-0.25, -0.2) is 8.78 Å². The molecule has 1 fully saturated rings. The minimum Gasteiger partial charge on any atom is -0.316 e. The van der Waals surface area contributed by atoms with E-state index < -0.39 is 11.6 Å². The molecule has 1 aliphatic rings. The van der Waals surface area contributed by atoms with Gasteiger partial charge >= 0.3 is 0 Å². The molecule has 0 amide bonds. The summed E-state index contributed by atoms with van der Waals surface area (Å²) < 4.78 is 26.4. The zero-order chi connectivity index (χ0) is 10.8. The Morgan fingerprint density at radius 3 is 2.87 bits per heavy atom. The molecule has 1 N–H and O–H groups in total. The maximum absolute atomic E-state index is 13.4. The first kappa shape index (κ1) is 10.8. The highest BCUT2D eigenvalue weighted by Gasteiger charge is 2.18. The van der Waals surface area contributed by atoms with Crippen LogP contribution in [0.25, 0.3) is 0 Å². The summed E-state index contributed by atoms with van der Waals surface area (Å²) in [6, 6.07) is 2.52. The minimum absolute atomic E-state index is 0.259. The average Bonchev–Trinajstić information content (AvgIpc) is 2.66. The van der Waals surface area contributed by atoms with E-state index in [2.05, 4.69) is 5.32 Å². The second-order valence-corrected chi connectivity index (χ2v) is 4.36. The van der Waals surface area contributed by atoms with Crippen molar-refractivity contribution in [3.63, 3.8) is 0 Å². The highest BCUT2D eigenvalue weighted by atomic mass is 35.5. The van der Waals surface area contributed by atoms with Crippen molar-refractivity contribution in [3.8, 4) is 0 Å². The van der Waals surface area contributed by atoms with Crippen LogP contribution in [-0.2, 0) is 6.42 Å². The fraction of sp³-hybridized carbons (Fsp3) is 0.455. The van der Waals surface area contributed by atoms with Crippen LogP contribution in [0.2, 0.25) is 5.02 Å². The van der Waals surface area contributed by atoms with Crippen LogP contribution in [0.3, 0.4) is 0 Å². The van der Waals surface area contributed by atoms with E-state index in [1.54, 1.807) is 0 Å². The molecule has 0 aliphatic carbocycles. The van der Waals surface area contributed by atoms with Crippen LogP contribution in [-0.4, -0.2) is 13.1 Å². The van der Waals surface area contributed by atoms with Gasteiger partial charge in [-0.05, 0) is 49.5 Å². The standard InChI is InChI=1S/C11H12ClF2N/c12-9-4-8(11(14)10(13)5-9)3-7-1-2-15-6-7/h4-5,7,15H,1-3,6H2. The van der Waals surface area contributed by atoms with Crippen LogP contribution in [0.15, 0.2) is 12.1 Å². The lowest BCUT2D eigenvalue weighted by Crippen LogP contribution is -2.11. The topological polar surface area (TPSA) is 12.0 Å². The number of rotatable bonds is 2. The maximum Gasteiger partial charge on any atom is 0.162 e. The molecular formula is C11H12ClF2N. The molecule has 0 radical (unpaired) electrons. The van der Waals surface area contributed by atoms with Gasteiger partial charge in [-0.2, -0.15) is 0 Å². The molecule has 1 aliphatic heterocycles. The van der Waals surface area contributed by atoms with Crippen molar-refractivity contribution in [2.75, 3.05) is 13.1 Å². The second-order valence-electron chi connectivity index (χ2n) is 3.92. The number of halogens is 3. The molecule has 0 bridgehead atoms. The summed E-state index contributed by atoms with van der Waals surface area (Å²) in [5, 5.41) is 3.45. The SMILES string of the molecule is Fc1cc(Cl)cc(CC2CCNC2)c1F. The fourth-order valence-electron chi connectivity index (χ4n) is 1.96. The number of benzene rings is 1. The van der Waals surface area contributed by atoms with Crippen LogP contribution in [0.5, 0.6) is 0 Å². The molecule has 0 saturated carbocycles. The van der Waals surface area contributed by atoms with E-state index in [0.29, 0.717) is 17.9 Å². The first-order valence-electron chi connectivity index (χ1n) is 5.01. The van der Waals surface area contributed by atoms with E-state index in [4.69, 9.17) is 11.6 Å². The quantitative estimate of drug-likeness (QED) is 0.772. The van der Waals surface area contributed by atoms with Gasteiger partial charge in [-0.1, -0.05) is 11.6 Å². The first-order valence-corrected chi connectivity index (χ1v) is 5.39. The van der Waals surface area contributed by atoms with Crippen molar-refractivity contribution in [1.29, 1.82) is 0 Å². The molecule has 0 aromatic heterocycles. The minimum atomic E-state index is -0.858. The molecular weight excluding hydrogens is 220 g/mol. The number of hydrogen-bond acceptors (Lipinski definition) is 1. The van der Waals surface area contributed by atoms with Gasteiger partial charge in [-0.3, -0.25) is 0 Å². The van der Waals surface area contributed by atoms with E-state index in [1.807, 2.05) is 0 Å². The third kappa shape index (κ3) is 2.47. The van der Waals surface area contributed by atoms with Crippen LogP contribution >= 0.6 is 11.6 Å². The van der Waals surface area contributed by atoms with Gasteiger partial charge in [-0.15, -0.1) is 0 Å². The lowest BCUT2D eigenvalue weighted by Gasteiger charge is -2.09. The first-order chi connectivity index (χ1) is 7.16. The van der Waals surface area contributed by atoms with Crippen LogP contribution in [0, 0.1) is 17.6 Å². The summed E-state index contributed by atoms with van der Waals surface area (Å²) in [4.78, 5) is 0. The van der Waals surface area contributed by atoms with Crippen LogP contribution in [0.4, 0.5) is 8.78 Å². The molecule has 15 heavy (non-hydrogen) atoms. The Morgan fingerprint density at radius 2 is 2.20 bits per heavy atom. The largest absolute Gasteiger partial charge is 0.316 e. The Bertz CT molecular complexity index is 362. The van der Waals surface area contributed by atoms with Crippen molar-refractivity contribution in [1.82, 2.24) is 5.32 Å². The van der Waals surface area contributed by atoms with Gasteiger partial charge in [0.05, 0.1) is 0 Å². The van der Waals surface area contributed by atoms with Gasteiger partial charge in [0.15, 0.2) is 11.6 Å². The van der Waals surface area contributed by atoms with Crippen molar-refractivity contribution < 1.29 is 8.78 Å². The Labute approximate surface area is 92.4 Å². The molecule has 1 nitrogen and oxygen atoms in total. The number of nitrogens with one attached hydrogen (secondary N) is 1. The Balaban J connectivity index is 2.19. The molecule has 1 saturated heterocycles. The van der Waals surface area contributed by atoms with Crippen molar-refractivity contribution in [2.24, 2.45) is 5.92 Å². The van der Waals surface area contributed by atoms with Crippen molar-refractivity contribution >= 4 is 11.6 Å². The highest BCUT2D eigenvalue weighted by molar-refractivity contribution is 6.30. The molecule has 1 aromatic carbocycles. The summed E-state index contributed by atoms with van der Waals surface area (Å²) in [7, 11) is 0. The van der Waals surface area contributed by atoms with Gasteiger partial charge < -0.3 is 5.32 Å². The lowest BCUT2D eigenvalue weighted by molar-refractivity contribution is 0.483. The number of hydrogen-bond donors (Lipinski definition) is 1. The third-order valence-electron chi connectivity index (χ3n) is 2.74. The molecule has 1 atom stereocenters. The molecule has 1 aromatic rings.